The summed E-state index contributed by atoms with van der Waals surface area (Å²) in [7, 11) is -4.09. The van der Waals surface area contributed by atoms with E-state index in [9.17, 15) is 23.1 Å². The number of nitrogens with zero attached hydrogens (tertiary/aromatic N) is 1. The lowest BCUT2D eigenvalue weighted by Crippen LogP contribution is -2.45. The van der Waals surface area contributed by atoms with Crippen LogP contribution in [0.2, 0.25) is 0 Å². The summed E-state index contributed by atoms with van der Waals surface area (Å²) in [6.45, 7) is 0. The highest BCUT2D eigenvalue weighted by Gasteiger charge is 2.49. The minimum atomic E-state index is -4.09. The van der Waals surface area contributed by atoms with Gasteiger partial charge in [0.05, 0.1) is 22.7 Å². The number of carboxylic acid groups (broad SMARTS) is 1. The highest BCUT2D eigenvalue weighted by molar-refractivity contribution is 7.89. The van der Waals surface area contributed by atoms with Crippen LogP contribution in [-0.2, 0) is 24.4 Å². The Labute approximate surface area is 216 Å². The standard InChI is InChI=1S/C25H22FN5O6S/c26-18-11-14(17-6-1-2-7-21(17)38(29,35)36)8-9-19(18)30-24(34)25(13-22(32)33)12-20(31-37-25)15-4-3-5-16(10-15)23(27)28/h1-11H,12-13H2,(H3,27,28)(H,30,34)(H,32,33)(H2,29,35,36). The second-order valence-corrected chi connectivity index (χ2v) is 10.1. The maximum absolute atomic E-state index is 15.0. The van der Waals surface area contributed by atoms with Crippen molar-refractivity contribution in [2.75, 3.05) is 5.32 Å². The minimum absolute atomic E-state index is 0.166. The van der Waals surface area contributed by atoms with Gasteiger partial charge in [-0.3, -0.25) is 15.0 Å². The molecule has 0 saturated heterocycles. The van der Waals surface area contributed by atoms with Crippen molar-refractivity contribution in [2.24, 2.45) is 16.0 Å². The first-order valence-electron chi connectivity index (χ1n) is 11.0. The summed E-state index contributed by atoms with van der Waals surface area (Å²) in [5.41, 5.74) is 4.75. The molecule has 0 spiro atoms. The molecule has 196 valence electrons. The number of oxime groups is 1. The largest absolute Gasteiger partial charge is 0.481 e. The monoisotopic (exact) mass is 539 g/mol. The Morgan fingerprint density at radius 3 is 2.50 bits per heavy atom. The van der Waals surface area contributed by atoms with Crippen molar-refractivity contribution in [1.29, 1.82) is 5.41 Å². The average Bonchev–Trinajstić information content (AvgIpc) is 3.29. The third-order valence-electron chi connectivity index (χ3n) is 5.86. The summed E-state index contributed by atoms with van der Waals surface area (Å²) in [6, 6.07) is 15.8. The first kappa shape index (κ1) is 26.4. The molecule has 0 radical (unpaired) electrons. The lowest BCUT2D eigenvalue weighted by Gasteiger charge is -2.24. The van der Waals surface area contributed by atoms with Crippen LogP contribution in [-0.4, -0.2) is 42.5 Å². The van der Waals surface area contributed by atoms with Crippen molar-refractivity contribution < 1.29 is 32.3 Å². The van der Waals surface area contributed by atoms with Gasteiger partial charge in [0, 0.05) is 23.1 Å². The van der Waals surface area contributed by atoms with Crippen LogP contribution in [0.25, 0.3) is 11.1 Å². The van der Waals surface area contributed by atoms with E-state index >= 15 is 4.39 Å². The van der Waals surface area contributed by atoms with Gasteiger partial charge < -0.3 is 21.0 Å². The van der Waals surface area contributed by atoms with Gasteiger partial charge >= 0.3 is 5.97 Å². The van der Waals surface area contributed by atoms with Gasteiger partial charge in [-0.2, -0.15) is 0 Å². The molecule has 0 saturated carbocycles. The zero-order valence-corrected chi connectivity index (χ0v) is 20.5. The molecular formula is C25H22FN5O6S. The number of amidine groups is 1. The molecule has 0 aromatic heterocycles. The molecule has 1 amide bonds. The van der Waals surface area contributed by atoms with Crippen molar-refractivity contribution in [3.63, 3.8) is 0 Å². The van der Waals surface area contributed by atoms with Crippen molar-refractivity contribution in [2.45, 2.75) is 23.3 Å². The molecule has 0 bridgehead atoms. The molecule has 38 heavy (non-hydrogen) atoms. The zero-order chi connectivity index (χ0) is 27.7. The van der Waals surface area contributed by atoms with Crippen molar-refractivity contribution >= 4 is 39.1 Å². The molecule has 7 N–H and O–H groups in total. The van der Waals surface area contributed by atoms with Gasteiger partial charge in [0.25, 0.3) is 5.91 Å². The number of hydrogen-bond donors (Lipinski definition) is 5. The van der Waals surface area contributed by atoms with E-state index in [-0.39, 0.29) is 39.7 Å². The van der Waals surface area contributed by atoms with Gasteiger partial charge in [0.15, 0.2) is 0 Å². The molecule has 4 rings (SSSR count). The normalized spacial score (nSPS) is 16.8. The van der Waals surface area contributed by atoms with E-state index in [2.05, 4.69) is 10.5 Å². The number of carbonyl (C=O) groups excluding carboxylic acids is 1. The number of hydrogen-bond acceptors (Lipinski definition) is 7. The Morgan fingerprint density at radius 2 is 1.84 bits per heavy atom. The van der Waals surface area contributed by atoms with Crippen LogP contribution >= 0.6 is 0 Å². The molecule has 3 aromatic carbocycles. The van der Waals surface area contributed by atoms with Crippen molar-refractivity contribution in [3.8, 4) is 11.1 Å². The van der Waals surface area contributed by atoms with Gasteiger partial charge in [-0.15, -0.1) is 0 Å². The number of nitrogens with one attached hydrogen (secondary N) is 2. The SMILES string of the molecule is N=C(N)c1cccc(C2=NOC(CC(=O)O)(C(=O)Nc3ccc(-c4ccccc4S(N)(=O)=O)cc3F)C2)c1. The van der Waals surface area contributed by atoms with Crippen LogP contribution in [0, 0.1) is 11.2 Å². The number of anilines is 1. The molecule has 11 nitrogen and oxygen atoms in total. The number of carbonyl (C=O) groups is 2. The van der Waals surface area contributed by atoms with Crippen LogP contribution in [0.1, 0.15) is 24.0 Å². The predicted octanol–water partition coefficient (Wildman–Crippen LogP) is 2.40. The predicted molar refractivity (Wildman–Crippen MR) is 137 cm³/mol. The summed E-state index contributed by atoms with van der Waals surface area (Å²) in [6.07, 6.45) is -1.01. The molecule has 1 aliphatic rings. The fourth-order valence-corrected chi connectivity index (χ4v) is 4.77. The number of halogens is 1. The van der Waals surface area contributed by atoms with E-state index in [1.54, 1.807) is 30.3 Å². The number of benzene rings is 3. The summed E-state index contributed by atoms with van der Waals surface area (Å²) in [4.78, 5) is 30.0. The maximum atomic E-state index is 15.0. The van der Waals surface area contributed by atoms with Crippen LogP contribution in [0.3, 0.4) is 0 Å². The lowest BCUT2D eigenvalue weighted by atomic mass is 9.89. The molecule has 0 aliphatic carbocycles. The van der Waals surface area contributed by atoms with E-state index in [0.717, 1.165) is 6.07 Å². The molecule has 1 unspecified atom stereocenters. The van der Waals surface area contributed by atoms with Crippen LogP contribution < -0.4 is 16.2 Å². The van der Waals surface area contributed by atoms with E-state index in [1.807, 2.05) is 0 Å². The lowest BCUT2D eigenvalue weighted by molar-refractivity contribution is -0.152. The highest BCUT2D eigenvalue weighted by atomic mass is 32.2. The fourth-order valence-electron chi connectivity index (χ4n) is 4.01. The summed E-state index contributed by atoms with van der Waals surface area (Å²) in [5, 5.41) is 28.6. The zero-order valence-electron chi connectivity index (χ0n) is 19.6. The molecule has 1 aliphatic heterocycles. The van der Waals surface area contributed by atoms with Crippen LogP contribution in [0.4, 0.5) is 10.1 Å². The second kappa shape index (κ2) is 10.0. The van der Waals surface area contributed by atoms with E-state index in [0.29, 0.717) is 11.1 Å². The molecule has 1 atom stereocenters. The molecule has 3 aromatic rings. The average molecular weight is 540 g/mol. The highest BCUT2D eigenvalue weighted by Crippen LogP contribution is 2.34. The Kier molecular flexibility index (Phi) is 6.98. The van der Waals surface area contributed by atoms with E-state index < -0.39 is 39.7 Å². The summed E-state index contributed by atoms with van der Waals surface area (Å²) >= 11 is 0. The maximum Gasteiger partial charge on any atom is 0.308 e. The third kappa shape index (κ3) is 5.38. The number of aliphatic carboxylic acids is 1. The van der Waals surface area contributed by atoms with E-state index in [4.69, 9.17) is 21.1 Å². The van der Waals surface area contributed by atoms with Gasteiger partial charge in [-0.05, 0) is 29.8 Å². The molecular weight excluding hydrogens is 517 g/mol. The number of rotatable bonds is 8. The van der Waals surface area contributed by atoms with Crippen LogP contribution in [0.5, 0.6) is 0 Å². The fraction of sp³-hybridized carbons (Fsp3) is 0.120. The smallest absolute Gasteiger partial charge is 0.308 e. The Balaban J connectivity index is 1.60. The Morgan fingerprint density at radius 1 is 1.11 bits per heavy atom. The first-order chi connectivity index (χ1) is 17.9. The van der Waals surface area contributed by atoms with Crippen molar-refractivity contribution in [1.82, 2.24) is 0 Å². The Bertz CT molecular complexity index is 1610. The van der Waals surface area contributed by atoms with Crippen LogP contribution in [0.15, 0.2) is 76.8 Å². The minimum Gasteiger partial charge on any atom is -0.481 e. The van der Waals surface area contributed by atoms with Gasteiger partial charge in [0.1, 0.15) is 11.7 Å². The second-order valence-electron chi connectivity index (χ2n) is 8.56. The number of sulfonamides is 1. The molecule has 1 heterocycles. The quantitative estimate of drug-likeness (QED) is 0.214. The Hall–Kier alpha value is -4.62. The van der Waals surface area contributed by atoms with Gasteiger partial charge in [-0.25, -0.2) is 17.9 Å². The summed E-state index contributed by atoms with van der Waals surface area (Å²) in [5.74, 6) is -3.38. The topological polar surface area (TPSA) is 198 Å². The molecule has 13 heteroatoms. The summed E-state index contributed by atoms with van der Waals surface area (Å²) < 4.78 is 38.9. The number of nitrogens with two attached hydrogens (primary N) is 2. The number of carboxylic acids is 1. The van der Waals surface area contributed by atoms with E-state index in [1.165, 1.54) is 30.3 Å². The third-order valence-corrected chi connectivity index (χ3v) is 6.83. The first-order valence-corrected chi connectivity index (χ1v) is 12.6. The van der Waals surface area contributed by atoms with Gasteiger partial charge in [0.2, 0.25) is 15.6 Å². The number of primary sulfonamides is 1. The molecule has 0 fully saturated rings. The van der Waals surface area contributed by atoms with Gasteiger partial charge in [-0.1, -0.05) is 47.6 Å². The number of nitrogen functional groups attached to an aromatic ring is 1. The van der Waals surface area contributed by atoms with Crippen molar-refractivity contribution in [3.05, 3.63) is 83.7 Å². The number of amides is 1.